The summed E-state index contributed by atoms with van der Waals surface area (Å²) in [5.41, 5.74) is 5.60. The molecule has 6 heteroatoms. The highest BCUT2D eigenvalue weighted by atomic mass is 16.3. The molecule has 17 heavy (non-hydrogen) atoms. The lowest BCUT2D eigenvalue weighted by molar-refractivity contribution is 0.111. The monoisotopic (exact) mass is 231 g/mol. The topological polar surface area (TPSA) is 109 Å². The molecule has 0 unspecified atom stereocenters. The third kappa shape index (κ3) is 2.00. The van der Waals surface area contributed by atoms with E-state index in [2.05, 4.69) is 9.97 Å². The Bertz CT molecular complexity index is 634. The van der Waals surface area contributed by atoms with Gasteiger partial charge < -0.3 is 15.8 Å². The molecule has 0 spiro atoms. The fourth-order valence-corrected chi connectivity index (χ4v) is 1.39. The Morgan fingerprint density at radius 3 is 2.82 bits per heavy atom. The molecule has 0 atom stereocenters. The van der Waals surface area contributed by atoms with E-state index in [-0.39, 0.29) is 11.5 Å². The Morgan fingerprint density at radius 2 is 2.18 bits per heavy atom. The number of aromatic amines is 1. The van der Waals surface area contributed by atoms with Gasteiger partial charge in [-0.15, -0.1) is 0 Å². The Balaban J connectivity index is 2.65. The molecule has 1 aromatic carbocycles. The van der Waals surface area contributed by atoms with Crippen molar-refractivity contribution in [3.8, 4) is 17.1 Å². The quantitative estimate of drug-likeness (QED) is 0.516. The molecule has 1 aromatic heterocycles. The maximum absolute atomic E-state index is 11.3. The maximum Gasteiger partial charge on any atom is 0.294 e. The van der Waals surface area contributed by atoms with Crippen LogP contribution in [0.25, 0.3) is 11.4 Å². The summed E-state index contributed by atoms with van der Waals surface area (Å²) in [4.78, 5) is 28.2. The summed E-state index contributed by atoms with van der Waals surface area (Å²) in [5, 5.41) is 9.26. The van der Waals surface area contributed by atoms with Crippen molar-refractivity contribution in [3.05, 3.63) is 40.3 Å². The molecule has 0 radical (unpaired) electrons. The molecule has 0 saturated heterocycles. The Morgan fingerprint density at radius 1 is 1.41 bits per heavy atom. The standard InChI is InChI=1S/C11H9N3O3/c12-7-3-1-2-6(4-7)10-13-8(5-15)9(16)11(17)14-10/h1-5,16H,12H2,(H,13,14,17). The van der Waals surface area contributed by atoms with Crippen LogP contribution in [0.5, 0.6) is 5.75 Å². The van der Waals surface area contributed by atoms with Crippen LogP contribution in [-0.4, -0.2) is 21.4 Å². The lowest BCUT2D eigenvalue weighted by Gasteiger charge is -2.03. The van der Waals surface area contributed by atoms with E-state index in [0.29, 0.717) is 17.5 Å². The molecular formula is C11H9N3O3. The van der Waals surface area contributed by atoms with Gasteiger partial charge in [-0.1, -0.05) is 12.1 Å². The first-order valence-electron chi connectivity index (χ1n) is 4.76. The number of H-pyrrole nitrogens is 1. The zero-order valence-electron chi connectivity index (χ0n) is 8.68. The van der Waals surface area contributed by atoms with Crippen molar-refractivity contribution in [1.29, 1.82) is 0 Å². The highest BCUT2D eigenvalue weighted by molar-refractivity contribution is 5.77. The maximum atomic E-state index is 11.3. The number of anilines is 1. The Hall–Kier alpha value is -2.63. The minimum absolute atomic E-state index is 0.183. The van der Waals surface area contributed by atoms with Gasteiger partial charge in [-0.3, -0.25) is 9.59 Å². The molecule has 4 N–H and O–H groups in total. The second-order valence-electron chi connectivity index (χ2n) is 3.39. The van der Waals surface area contributed by atoms with Gasteiger partial charge in [0.05, 0.1) is 0 Å². The fourth-order valence-electron chi connectivity index (χ4n) is 1.39. The van der Waals surface area contributed by atoms with Crippen LogP contribution in [0, 0.1) is 0 Å². The van der Waals surface area contributed by atoms with Gasteiger partial charge >= 0.3 is 0 Å². The fraction of sp³-hybridized carbons (Fsp3) is 0. The van der Waals surface area contributed by atoms with Crippen LogP contribution >= 0.6 is 0 Å². The van der Waals surface area contributed by atoms with E-state index in [0.717, 1.165) is 0 Å². The summed E-state index contributed by atoms with van der Waals surface area (Å²) >= 11 is 0. The number of nitrogens with zero attached hydrogens (tertiary/aromatic N) is 1. The van der Waals surface area contributed by atoms with Crippen molar-refractivity contribution in [2.75, 3.05) is 5.73 Å². The van der Waals surface area contributed by atoms with E-state index in [9.17, 15) is 14.7 Å². The zero-order chi connectivity index (χ0) is 12.4. The molecule has 2 aromatic rings. The molecule has 0 fully saturated rings. The summed E-state index contributed by atoms with van der Waals surface area (Å²) < 4.78 is 0. The van der Waals surface area contributed by atoms with Crippen LogP contribution in [-0.2, 0) is 0 Å². The van der Waals surface area contributed by atoms with E-state index >= 15 is 0 Å². The number of benzene rings is 1. The summed E-state index contributed by atoms with van der Waals surface area (Å²) in [5.74, 6) is -0.505. The number of carbonyl (C=O) groups is 1. The molecule has 0 saturated carbocycles. The van der Waals surface area contributed by atoms with Gasteiger partial charge in [0.15, 0.2) is 12.0 Å². The number of rotatable bonds is 2. The summed E-state index contributed by atoms with van der Waals surface area (Å²) in [6.07, 6.45) is 0.320. The van der Waals surface area contributed by atoms with Gasteiger partial charge in [-0.05, 0) is 12.1 Å². The summed E-state index contributed by atoms with van der Waals surface area (Å²) in [7, 11) is 0. The van der Waals surface area contributed by atoms with Gasteiger partial charge in [0, 0.05) is 11.3 Å². The van der Waals surface area contributed by atoms with Gasteiger partial charge in [0.25, 0.3) is 5.56 Å². The van der Waals surface area contributed by atoms with Gasteiger partial charge in [0.2, 0.25) is 5.75 Å². The van der Waals surface area contributed by atoms with E-state index in [1.165, 1.54) is 0 Å². The van der Waals surface area contributed by atoms with Crippen molar-refractivity contribution in [3.63, 3.8) is 0 Å². The second-order valence-corrected chi connectivity index (χ2v) is 3.39. The number of nitrogens with two attached hydrogens (primary N) is 1. The average molecular weight is 231 g/mol. The lowest BCUT2D eigenvalue weighted by atomic mass is 10.2. The van der Waals surface area contributed by atoms with E-state index in [4.69, 9.17) is 5.73 Å². The number of nitrogen functional groups attached to an aromatic ring is 1. The molecule has 0 aliphatic rings. The third-order valence-electron chi connectivity index (χ3n) is 2.19. The largest absolute Gasteiger partial charge is 0.501 e. The molecule has 86 valence electrons. The minimum Gasteiger partial charge on any atom is -0.501 e. The molecule has 0 aliphatic heterocycles. The van der Waals surface area contributed by atoms with E-state index in [1.54, 1.807) is 24.3 Å². The van der Waals surface area contributed by atoms with Gasteiger partial charge in [-0.25, -0.2) is 4.98 Å². The average Bonchev–Trinajstić information content (AvgIpc) is 2.32. The van der Waals surface area contributed by atoms with Crippen molar-refractivity contribution in [2.45, 2.75) is 0 Å². The molecule has 0 bridgehead atoms. The first kappa shape index (κ1) is 10.9. The number of aromatic nitrogens is 2. The second kappa shape index (κ2) is 4.09. The predicted molar refractivity (Wildman–Crippen MR) is 61.8 cm³/mol. The zero-order valence-corrected chi connectivity index (χ0v) is 8.68. The molecule has 0 amide bonds. The van der Waals surface area contributed by atoms with Crippen LogP contribution in [0.2, 0.25) is 0 Å². The normalized spacial score (nSPS) is 10.1. The van der Waals surface area contributed by atoms with E-state index < -0.39 is 11.3 Å². The van der Waals surface area contributed by atoms with Gasteiger partial charge in [-0.2, -0.15) is 0 Å². The molecule has 2 rings (SSSR count). The minimum atomic E-state index is -0.764. The third-order valence-corrected chi connectivity index (χ3v) is 2.19. The first-order valence-corrected chi connectivity index (χ1v) is 4.76. The Kier molecular flexibility index (Phi) is 2.61. The highest BCUT2D eigenvalue weighted by Gasteiger charge is 2.10. The number of hydrogen-bond acceptors (Lipinski definition) is 5. The first-order chi connectivity index (χ1) is 8.11. The number of aldehydes is 1. The van der Waals surface area contributed by atoms with Crippen molar-refractivity contribution in [1.82, 2.24) is 9.97 Å². The van der Waals surface area contributed by atoms with Crippen LogP contribution in [0.1, 0.15) is 10.5 Å². The van der Waals surface area contributed by atoms with E-state index in [1.807, 2.05) is 0 Å². The lowest BCUT2D eigenvalue weighted by Crippen LogP contribution is -2.11. The van der Waals surface area contributed by atoms with Crippen molar-refractivity contribution < 1.29 is 9.90 Å². The van der Waals surface area contributed by atoms with Crippen LogP contribution in [0.4, 0.5) is 5.69 Å². The molecule has 0 aliphatic carbocycles. The molecule has 1 heterocycles. The molecule has 6 nitrogen and oxygen atoms in total. The van der Waals surface area contributed by atoms with Crippen molar-refractivity contribution >= 4 is 12.0 Å². The smallest absolute Gasteiger partial charge is 0.294 e. The number of aromatic hydroxyl groups is 1. The van der Waals surface area contributed by atoms with Crippen LogP contribution in [0.15, 0.2) is 29.1 Å². The summed E-state index contributed by atoms with van der Waals surface area (Å²) in [6, 6.07) is 6.66. The highest BCUT2D eigenvalue weighted by Crippen LogP contribution is 2.18. The number of nitrogens with one attached hydrogen (secondary N) is 1. The van der Waals surface area contributed by atoms with Crippen LogP contribution < -0.4 is 11.3 Å². The Labute approximate surface area is 95.7 Å². The van der Waals surface area contributed by atoms with Gasteiger partial charge in [0.1, 0.15) is 5.82 Å². The number of carbonyl (C=O) groups excluding carboxylic acids is 1. The summed E-state index contributed by atoms with van der Waals surface area (Å²) in [6.45, 7) is 0. The van der Waals surface area contributed by atoms with Crippen molar-refractivity contribution in [2.24, 2.45) is 0 Å². The SMILES string of the molecule is Nc1cccc(-c2nc(C=O)c(O)c(=O)[nH]2)c1. The molecular weight excluding hydrogens is 222 g/mol. The van der Waals surface area contributed by atoms with Crippen LogP contribution in [0.3, 0.4) is 0 Å². The predicted octanol–water partition coefficient (Wildman–Crippen LogP) is 0.537. The number of hydrogen-bond donors (Lipinski definition) is 3.